The fourth-order valence-corrected chi connectivity index (χ4v) is 1.23. The van der Waals surface area contributed by atoms with Gasteiger partial charge in [0, 0.05) is 0 Å². The number of hydroxylamine groups is 1. The number of ether oxygens (including phenoxy) is 1. The van der Waals surface area contributed by atoms with Gasteiger partial charge >= 0.3 is 5.97 Å². The van der Waals surface area contributed by atoms with E-state index >= 15 is 0 Å². The lowest BCUT2D eigenvalue weighted by atomic mass is 10.1. The number of benzene rings is 1. The fourth-order valence-electron chi connectivity index (χ4n) is 1.23. The first-order chi connectivity index (χ1) is 8.50. The second-order valence-electron chi connectivity index (χ2n) is 3.69. The van der Waals surface area contributed by atoms with Gasteiger partial charge in [0.25, 0.3) is 5.91 Å². The molecule has 0 aliphatic rings. The van der Waals surface area contributed by atoms with E-state index < -0.39 is 18.5 Å². The topological polar surface area (TPSA) is 84.9 Å². The van der Waals surface area contributed by atoms with Gasteiger partial charge < -0.3 is 9.84 Å². The molecule has 0 spiro atoms. The summed E-state index contributed by atoms with van der Waals surface area (Å²) in [5, 5.41) is 8.29. The molecule has 1 amide bonds. The highest BCUT2D eigenvalue weighted by Gasteiger charge is 2.06. The maximum atomic E-state index is 11.2. The van der Waals surface area contributed by atoms with Crippen molar-refractivity contribution in [3.63, 3.8) is 0 Å². The summed E-state index contributed by atoms with van der Waals surface area (Å²) >= 11 is 0. The average Bonchev–Trinajstić information content (AvgIpc) is 2.30. The Labute approximate surface area is 104 Å². The van der Waals surface area contributed by atoms with Crippen LogP contribution in [0, 0.1) is 13.8 Å². The number of rotatable bonds is 6. The number of carboxylic acids is 1. The van der Waals surface area contributed by atoms with Crippen molar-refractivity contribution in [2.24, 2.45) is 0 Å². The van der Waals surface area contributed by atoms with E-state index in [1.807, 2.05) is 31.5 Å². The van der Waals surface area contributed by atoms with Gasteiger partial charge in [-0.2, -0.15) is 0 Å². The van der Waals surface area contributed by atoms with Crippen LogP contribution in [0.2, 0.25) is 0 Å². The van der Waals surface area contributed by atoms with Gasteiger partial charge in [-0.05, 0) is 31.0 Å². The molecule has 1 rings (SSSR count). The number of carboxylic acid groups (broad SMARTS) is 1. The number of aliphatic carboxylic acids is 1. The number of amides is 1. The molecule has 98 valence electrons. The molecule has 1 aromatic carbocycles. The van der Waals surface area contributed by atoms with Gasteiger partial charge in [0.1, 0.15) is 5.75 Å². The standard InChI is InChI=1S/C12H15NO5/c1-8-4-3-5-10(9(8)2)17-6-11(14)13-18-7-12(15)16/h3-5H,6-7H2,1-2H3,(H,13,14)(H,15,16). The zero-order chi connectivity index (χ0) is 13.5. The Bertz CT molecular complexity index is 444. The molecular weight excluding hydrogens is 238 g/mol. The summed E-state index contributed by atoms with van der Waals surface area (Å²) in [5.74, 6) is -1.09. The normalized spacial score (nSPS) is 9.89. The van der Waals surface area contributed by atoms with Crippen molar-refractivity contribution in [3.8, 4) is 5.75 Å². The van der Waals surface area contributed by atoms with Crippen LogP contribution in [0.1, 0.15) is 11.1 Å². The summed E-state index contributed by atoms with van der Waals surface area (Å²) in [6.07, 6.45) is 0. The molecule has 0 saturated heterocycles. The Morgan fingerprint density at radius 3 is 2.67 bits per heavy atom. The van der Waals surface area contributed by atoms with E-state index in [-0.39, 0.29) is 6.61 Å². The van der Waals surface area contributed by atoms with E-state index in [1.54, 1.807) is 6.07 Å². The average molecular weight is 253 g/mol. The lowest BCUT2D eigenvalue weighted by Crippen LogP contribution is -2.31. The largest absolute Gasteiger partial charge is 0.483 e. The number of aryl methyl sites for hydroxylation is 1. The Morgan fingerprint density at radius 2 is 2.00 bits per heavy atom. The third-order valence-corrected chi connectivity index (χ3v) is 2.30. The molecule has 0 atom stereocenters. The van der Waals surface area contributed by atoms with E-state index in [9.17, 15) is 9.59 Å². The van der Waals surface area contributed by atoms with Crippen LogP contribution in [0.15, 0.2) is 18.2 Å². The minimum absolute atomic E-state index is 0.232. The SMILES string of the molecule is Cc1cccc(OCC(=O)NOCC(=O)O)c1C. The summed E-state index contributed by atoms with van der Waals surface area (Å²) in [6, 6.07) is 5.53. The van der Waals surface area contributed by atoms with Gasteiger partial charge in [-0.15, -0.1) is 0 Å². The second-order valence-corrected chi connectivity index (χ2v) is 3.69. The van der Waals surface area contributed by atoms with Crippen molar-refractivity contribution < 1.29 is 24.3 Å². The van der Waals surface area contributed by atoms with E-state index in [0.29, 0.717) is 5.75 Å². The number of hydrogen-bond donors (Lipinski definition) is 2. The van der Waals surface area contributed by atoms with Gasteiger partial charge in [0.2, 0.25) is 0 Å². The Balaban J connectivity index is 2.38. The summed E-state index contributed by atoms with van der Waals surface area (Å²) in [7, 11) is 0. The van der Waals surface area contributed by atoms with Crippen LogP contribution in [0.5, 0.6) is 5.75 Å². The quantitative estimate of drug-likeness (QED) is 0.733. The highest BCUT2D eigenvalue weighted by Crippen LogP contribution is 2.20. The maximum absolute atomic E-state index is 11.2. The van der Waals surface area contributed by atoms with Gasteiger partial charge in [-0.3, -0.25) is 9.63 Å². The predicted molar refractivity (Wildman–Crippen MR) is 63.1 cm³/mol. The van der Waals surface area contributed by atoms with Gasteiger partial charge in [-0.1, -0.05) is 12.1 Å². The van der Waals surface area contributed by atoms with Crippen LogP contribution in [0.3, 0.4) is 0 Å². The summed E-state index contributed by atoms with van der Waals surface area (Å²) in [4.78, 5) is 25.8. The van der Waals surface area contributed by atoms with Crippen LogP contribution in [-0.2, 0) is 14.4 Å². The molecule has 0 fully saturated rings. The predicted octanol–water partition coefficient (Wildman–Crippen LogP) is 0.815. The molecule has 0 aromatic heterocycles. The molecule has 0 heterocycles. The van der Waals surface area contributed by atoms with E-state index in [4.69, 9.17) is 9.84 Å². The fraction of sp³-hybridized carbons (Fsp3) is 0.333. The minimum atomic E-state index is -1.16. The van der Waals surface area contributed by atoms with Crippen molar-refractivity contribution in [1.29, 1.82) is 0 Å². The molecule has 2 N–H and O–H groups in total. The second kappa shape index (κ2) is 6.61. The molecule has 0 saturated carbocycles. The highest BCUT2D eigenvalue weighted by molar-refractivity contribution is 5.76. The molecule has 0 unspecified atom stereocenters. The van der Waals surface area contributed by atoms with Crippen LogP contribution >= 0.6 is 0 Å². The number of carbonyl (C=O) groups excluding carboxylic acids is 1. The molecule has 0 bridgehead atoms. The molecule has 6 nitrogen and oxygen atoms in total. The van der Waals surface area contributed by atoms with Gasteiger partial charge in [-0.25, -0.2) is 10.3 Å². The highest BCUT2D eigenvalue weighted by atomic mass is 16.7. The smallest absolute Gasteiger partial charge is 0.332 e. The maximum Gasteiger partial charge on any atom is 0.332 e. The van der Waals surface area contributed by atoms with Crippen LogP contribution in [-0.4, -0.2) is 30.2 Å². The first-order valence-electron chi connectivity index (χ1n) is 5.32. The minimum Gasteiger partial charge on any atom is -0.483 e. The molecule has 6 heteroatoms. The lowest BCUT2D eigenvalue weighted by Gasteiger charge is -2.10. The summed E-state index contributed by atoms with van der Waals surface area (Å²) in [6.45, 7) is 3.01. The van der Waals surface area contributed by atoms with E-state index in [2.05, 4.69) is 4.84 Å². The van der Waals surface area contributed by atoms with Gasteiger partial charge in [0.05, 0.1) is 0 Å². The van der Waals surface area contributed by atoms with Crippen LogP contribution in [0.25, 0.3) is 0 Å². The zero-order valence-corrected chi connectivity index (χ0v) is 10.2. The third-order valence-electron chi connectivity index (χ3n) is 2.30. The monoisotopic (exact) mass is 253 g/mol. The van der Waals surface area contributed by atoms with Crippen molar-refractivity contribution >= 4 is 11.9 Å². The molecular formula is C12H15NO5. The van der Waals surface area contributed by atoms with E-state index in [1.165, 1.54) is 0 Å². The molecule has 0 radical (unpaired) electrons. The Hall–Kier alpha value is -2.08. The summed E-state index contributed by atoms with van der Waals surface area (Å²) < 4.78 is 5.30. The number of carbonyl (C=O) groups is 2. The molecule has 1 aromatic rings. The lowest BCUT2D eigenvalue weighted by molar-refractivity contribution is -0.149. The van der Waals surface area contributed by atoms with Crippen LogP contribution in [0.4, 0.5) is 0 Å². The third kappa shape index (κ3) is 4.42. The zero-order valence-electron chi connectivity index (χ0n) is 10.2. The Kier molecular flexibility index (Phi) is 5.13. The van der Waals surface area contributed by atoms with Gasteiger partial charge in [0.15, 0.2) is 13.2 Å². The van der Waals surface area contributed by atoms with E-state index in [0.717, 1.165) is 11.1 Å². The Morgan fingerprint density at radius 1 is 1.28 bits per heavy atom. The molecule has 0 aliphatic carbocycles. The first-order valence-corrected chi connectivity index (χ1v) is 5.32. The van der Waals surface area contributed by atoms with Crippen molar-refractivity contribution in [2.75, 3.05) is 13.2 Å². The van der Waals surface area contributed by atoms with Crippen LogP contribution < -0.4 is 10.2 Å². The van der Waals surface area contributed by atoms with Crippen molar-refractivity contribution in [2.45, 2.75) is 13.8 Å². The van der Waals surface area contributed by atoms with Crippen molar-refractivity contribution in [1.82, 2.24) is 5.48 Å². The number of nitrogens with one attached hydrogen (secondary N) is 1. The molecule has 0 aliphatic heterocycles. The number of hydrogen-bond acceptors (Lipinski definition) is 4. The first kappa shape index (κ1) is 14.0. The van der Waals surface area contributed by atoms with Crippen molar-refractivity contribution in [3.05, 3.63) is 29.3 Å². The molecule has 18 heavy (non-hydrogen) atoms. The summed E-state index contributed by atoms with van der Waals surface area (Å²) in [5.41, 5.74) is 3.99.